The minimum absolute atomic E-state index is 0.0862. The van der Waals surface area contributed by atoms with Crippen LogP contribution in [0, 0.1) is 5.92 Å². The van der Waals surface area contributed by atoms with Crippen molar-refractivity contribution in [2.75, 3.05) is 14.1 Å². The highest BCUT2D eigenvalue weighted by atomic mass is 16.3. The average molecular weight is 181 g/mol. The van der Waals surface area contributed by atoms with E-state index in [1.54, 1.807) is 32.0 Å². The lowest BCUT2D eigenvalue weighted by Crippen LogP contribution is -2.29. The van der Waals surface area contributed by atoms with Gasteiger partial charge in [-0.15, -0.1) is 0 Å². The number of amides is 1. The Bertz CT molecular complexity index is 277. The van der Waals surface area contributed by atoms with Crippen molar-refractivity contribution in [3.63, 3.8) is 0 Å². The van der Waals surface area contributed by atoms with E-state index >= 15 is 0 Å². The Labute approximate surface area is 78.4 Å². The first-order valence-electron chi connectivity index (χ1n) is 4.31. The van der Waals surface area contributed by atoms with Gasteiger partial charge < -0.3 is 10.0 Å². The standard InChI is InChI=1S/C10H15NO2/c1-7-6-8(4-5-9(7)12)10(13)11(2)3/h5-6,8,12H,4H2,1-3H3. The molecule has 1 atom stereocenters. The fourth-order valence-electron chi connectivity index (χ4n) is 1.36. The van der Waals surface area contributed by atoms with Crippen LogP contribution in [0.2, 0.25) is 0 Å². The summed E-state index contributed by atoms with van der Waals surface area (Å²) in [6.07, 6.45) is 4.11. The molecular formula is C10H15NO2. The van der Waals surface area contributed by atoms with Crippen LogP contribution in [0.1, 0.15) is 13.3 Å². The Hall–Kier alpha value is -1.25. The lowest BCUT2D eigenvalue weighted by Gasteiger charge is -2.20. The molecule has 1 amide bonds. The number of rotatable bonds is 1. The maximum atomic E-state index is 11.5. The van der Waals surface area contributed by atoms with E-state index in [1.807, 2.05) is 6.08 Å². The number of aliphatic hydroxyl groups excluding tert-OH is 1. The van der Waals surface area contributed by atoms with Crippen LogP contribution in [0.3, 0.4) is 0 Å². The third kappa shape index (κ3) is 2.11. The van der Waals surface area contributed by atoms with E-state index < -0.39 is 0 Å². The van der Waals surface area contributed by atoms with Gasteiger partial charge in [-0.25, -0.2) is 0 Å². The average Bonchev–Trinajstić information content (AvgIpc) is 2.08. The Morgan fingerprint density at radius 2 is 2.23 bits per heavy atom. The van der Waals surface area contributed by atoms with E-state index in [1.165, 1.54) is 0 Å². The molecule has 1 rings (SSSR count). The molecule has 1 unspecified atom stereocenters. The largest absolute Gasteiger partial charge is 0.508 e. The molecule has 0 saturated carbocycles. The summed E-state index contributed by atoms with van der Waals surface area (Å²) in [4.78, 5) is 13.1. The molecule has 0 aromatic rings. The number of carbonyl (C=O) groups is 1. The number of hydrogen-bond acceptors (Lipinski definition) is 2. The summed E-state index contributed by atoms with van der Waals surface area (Å²) in [7, 11) is 3.48. The molecule has 1 aliphatic carbocycles. The predicted molar refractivity (Wildman–Crippen MR) is 51.3 cm³/mol. The van der Waals surface area contributed by atoms with Crippen molar-refractivity contribution in [2.45, 2.75) is 13.3 Å². The summed E-state index contributed by atoms with van der Waals surface area (Å²) in [5.41, 5.74) is 0.784. The Morgan fingerprint density at radius 3 is 2.69 bits per heavy atom. The normalized spacial score (nSPS) is 21.9. The van der Waals surface area contributed by atoms with Gasteiger partial charge in [0.25, 0.3) is 0 Å². The number of carbonyl (C=O) groups excluding carboxylic acids is 1. The van der Waals surface area contributed by atoms with Gasteiger partial charge in [0.15, 0.2) is 0 Å². The first kappa shape index (κ1) is 9.84. The Morgan fingerprint density at radius 1 is 1.62 bits per heavy atom. The highest BCUT2D eigenvalue weighted by Gasteiger charge is 2.20. The minimum atomic E-state index is -0.106. The monoisotopic (exact) mass is 181 g/mol. The van der Waals surface area contributed by atoms with Crippen LogP contribution in [-0.2, 0) is 4.79 Å². The molecule has 0 radical (unpaired) electrons. The second kappa shape index (κ2) is 3.64. The van der Waals surface area contributed by atoms with Crippen molar-refractivity contribution in [1.29, 1.82) is 0 Å². The van der Waals surface area contributed by atoms with Crippen molar-refractivity contribution in [2.24, 2.45) is 5.92 Å². The smallest absolute Gasteiger partial charge is 0.229 e. The molecule has 1 N–H and O–H groups in total. The zero-order chi connectivity index (χ0) is 10.0. The SMILES string of the molecule is CC1=CC(C(=O)N(C)C)CC=C1O. The van der Waals surface area contributed by atoms with Gasteiger partial charge in [0.2, 0.25) is 5.91 Å². The predicted octanol–water partition coefficient (Wildman–Crippen LogP) is 1.48. The summed E-state index contributed by atoms with van der Waals surface area (Å²) in [5.74, 6) is 0.275. The van der Waals surface area contributed by atoms with Gasteiger partial charge in [-0.1, -0.05) is 6.08 Å². The Kier molecular flexibility index (Phi) is 2.76. The van der Waals surface area contributed by atoms with Crippen molar-refractivity contribution in [1.82, 2.24) is 4.90 Å². The molecule has 0 heterocycles. The number of aliphatic hydroxyl groups is 1. The quantitative estimate of drug-likeness (QED) is 0.665. The van der Waals surface area contributed by atoms with E-state index in [0.29, 0.717) is 12.2 Å². The summed E-state index contributed by atoms with van der Waals surface area (Å²) in [5, 5.41) is 9.28. The molecular weight excluding hydrogens is 166 g/mol. The molecule has 72 valence electrons. The second-order valence-corrected chi connectivity index (χ2v) is 3.51. The fraction of sp³-hybridized carbons (Fsp3) is 0.500. The molecule has 0 spiro atoms. The summed E-state index contributed by atoms with van der Waals surface area (Å²) in [6.45, 7) is 1.81. The van der Waals surface area contributed by atoms with Crippen molar-refractivity contribution in [3.05, 3.63) is 23.5 Å². The fourth-order valence-corrected chi connectivity index (χ4v) is 1.36. The first-order valence-corrected chi connectivity index (χ1v) is 4.31. The molecule has 0 bridgehead atoms. The van der Waals surface area contributed by atoms with E-state index in [4.69, 9.17) is 0 Å². The molecule has 0 fully saturated rings. The number of nitrogens with zero attached hydrogens (tertiary/aromatic N) is 1. The zero-order valence-electron chi connectivity index (χ0n) is 8.24. The minimum Gasteiger partial charge on any atom is -0.508 e. The van der Waals surface area contributed by atoms with Gasteiger partial charge in [0, 0.05) is 14.1 Å². The first-order chi connectivity index (χ1) is 6.02. The van der Waals surface area contributed by atoms with Crippen LogP contribution >= 0.6 is 0 Å². The van der Waals surface area contributed by atoms with Gasteiger partial charge in [-0.2, -0.15) is 0 Å². The van der Waals surface area contributed by atoms with Crippen LogP contribution in [0.15, 0.2) is 23.5 Å². The van der Waals surface area contributed by atoms with Crippen molar-refractivity contribution >= 4 is 5.91 Å². The summed E-state index contributed by atoms with van der Waals surface area (Å²) in [6, 6.07) is 0. The van der Waals surface area contributed by atoms with E-state index in [0.717, 1.165) is 5.57 Å². The van der Waals surface area contributed by atoms with Gasteiger partial charge in [0.1, 0.15) is 5.76 Å². The zero-order valence-corrected chi connectivity index (χ0v) is 8.24. The lowest BCUT2D eigenvalue weighted by molar-refractivity contribution is -0.131. The maximum Gasteiger partial charge on any atom is 0.229 e. The molecule has 3 heteroatoms. The third-order valence-corrected chi connectivity index (χ3v) is 2.18. The van der Waals surface area contributed by atoms with Crippen molar-refractivity contribution in [3.8, 4) is 0 Å². The van der Waals surface area contributed by atoms with Gasteiger partial charge >= 0.3 is 0 Å². The highest BCUT2D eigenvalue weighted by Crippen LogP contribution is 2.21. The molecule has 0 saturated heterocycles. The van der Waals surface area contributed by atoms with Crippen LogP contribution in [0.5, 0.6) is 0 Å². The number of allylic oxidation sites excluding steroid dienone is 2. The van der Waals surface area contributed by atoms with Gasteiger partial charge in [-0.05, 0) is 25.0 Å². The lowest BCUT2D eigenvalue weighted by atomic mass is 9.94. The molecule has 1 aliphatic rings. The van der Waals surface area contributed by atoms with E-state index in [2.05, 4.69) is 0 Å². The van der Waals surface area contributed by atoms with Crippen LogP contribution < -0.4 is 0 Å². The molecule has 0 aliphatic heterocycles. The number of hydrogen-bond donors (Lipinski definition) is 1. The molecule has 3 nitrogen and oxygen atoms in total. The van der Waals surface area contributed by atoms with E-state index in [-0.39, 0.29) is 11.8 Å². The molecule has 0 aromatic heterocycles. The molecule has 0 aromatic carbocycles. The van der Waals surface area contributed by atoms with Gasteiger partial charge in [0.05, 0.1) is 5.92 Å². The van der Waals surface area contributed by atoms with Crippen LogP contribution in [-0.4, -0.2) is 30.0 Å². The Balaban J connectivity index is 2.74. The topological polar surface area (TPSA) is 40.5 Å². The van der Waals surface area contributed by atoms with E-state index in [9.17, 15) is 9.90 Å². The van der Waals surface area contributed by atoms with Crippen LogP contribution in [0.4, 0.5) is 0 Å². The summed E-state index contributed by atoms with van der Waals surface area (Å²) >= 11 is 0. The second-order valence-electron chi connectivity index (χ2n) is 3.51. The highest BCUT2D eigenvalue weighted by molar-refractivity contribution is 5.80. The molecule has 13 heavy (non-hydrogen) atoms. The van der Waals surface area contributed by atoms with Gasteiger partial charge in [-0.3, -0.25) is 4.79 Å². The van der Waals surface area contributed by atoms with Crippen molar-refractivity contribution < 1.29 is 9.90 Å². The van der Waals surface area contributed by atoms with Crippen LogP contribution in [0.25, 0.3) is 0 Å². The summed E-state index contributed by atoms with van der Waals surface area (Å²) < 4.78 is 0. The maximum absolute atomic E-state index is 11.5. The third-order valence-electron chi connectivity index (χ3n) is 2.18.